The number of ether oxygens (including phenoxy) is 2. The van der Waals surface area contributed by atoms with Crippen molar-refractivity contribution in [3.8, 4) is 17.6 Å². The number of nitriles is 1. The topological polar surface area (TPSA) is 65.8 Å². The predicted molar refractivity (Wildman–Crippen MR) is 127 cm³/mol. The average molecular weight is 452 g/mol. The van der Waals surface area contributed by atoms with E-state index < -0.39 is 0 Å². The number of para-hydroxylation sites is 1. The lowest BCUT2D eigenvalue weighted by Gasteiger charge is -2.36. The fourth-order valence-electron chi connectivity index (χ4n) is 3.50. The van der Waals surface area contributed by atoms with Crippen LogP contribution in [0.25, 0.3) is 6.08 Å². The van der Waals surface area contributed by atoms with Crippen molar-refractivity contribution in [1.29, 1.82) is 5.26 Å². The van der Waals surface area contributed by atoms with Gasteiger partial charge >= 0.3 is 0 Å². The lowest BCUT2D eigenvalue weighted by Crippen LogP contribution is -2.49. The number of anilines is 1. The first kappa shape index (κ1) is 23.2. The van der Waals surface area contributed by atoms with Gasteiger partial charge in [0, 0.05) is 31.9 Å². The molecule has 0 N–H and O–H groups in total. The number of rotatable bonds is 8. The first-order valence-electron chi connectivity index (χ1n) is 10.5. The molecule has 2 aromatic carbocycles. The minimum Gasteiger partial charge on any atom is -0.490 e. The molecule has 0 spiro atoms. The van der Waals surface area contributed by atoms with Gasteiger partial charge in [0.2, 0.25) is 0 Å². The van der Waals surface area contributed by atoms with Gasteiger partial charge in [-0.3, -0.25) is 4.79 Å². The van der Waals surface area contributed by atoms with Gasteiger partial charge in [0.15, 0.2) is 11.5 Å². The molecule has 0 saturated carbocycles. The van der Waals surface area contributed by atoms with E-state index in [1.807, 2.05) is 31.2 Å². The maximum absolute atomic E-state index is 13.0. The van der Waals surface area contributed by atoms with Crippen molar-refractivity contribution in [3.05, 3.63) is 71.3 Å². The number of benzene rings is 2. The number of amides is 1. The van der Waals surface area contributed by atoms with Gasteiger partial charge in [0.05, 0.1) is 11.6 Å². The van der Waals surface area contributed by atoms with Crippen molar-refractivity contribution in [2.75, 3.05) is 44.3 Å². The number of nitrogens with zero attached hydrogens (tertiary/aromatic N) is 3. The minimum atomic E-state index is -0.290. The highest BCUT2D eigenvalue weighted by atomic mass is 35.5. The van der Waals surface area contributed by atoms with Gasteiger partial charge in [-0.2, -0.15) is 5.26 Å². The maximum Gasteiger partial charge on any atom is 0.264 e. The number of carbonyl (C=O) groups excluding carboxylic acids is 1. The van der Waals surface area contributed by atoms with Crippen LogP contribution in [0.3, 0.4) is 0 Å². The van der Waals surface area contributed by atoms with Crippen molar-refractivity contribution in [1.82, 2.24) is 4.90 Å². The van der Waals surface area contributed by atoms with Crippen LogP contribution in [0.5, 0.6) is 11.5 Å². The Morgan fingerprint density at radius 3 is 2.53 bits per heavy atom. The molecule has 6 nitrogen and oxygen atoms in total. The number of hydrogen-bond acceptors (Lipinski definition) is 5. The Labute approximate surface area is 193 Å². The van der Waals surface area contributed by atoms with Crippen LogP contribution in [-0.2, 0) is 4.79 Å². The highest BCUT2D eigenvalue weighted by Crippen LogP contribution is 2.37. The smallest absolute Gasteiger partial charge is 0.264 e. The summed E-state index contributed by atoms with van der Waals surface area (Å²) in [6.07, 6.45) is 3.15. The third-order valence-corrected chi connectivity index (χ3v) is 5.31. The Morgan fingerprint density at radius 2 is 1.91 bits per heavy atom. The summed E-state index contributed by atoms with van der Waals surface area (Å²) in [4.78, 5) is 16.9. The second kappa shape index (κ2) is 11.3. The molecule has 0 aliphatic carbocycles. The molecule has 7 heteroatoms. The van der Waals surface area contributed by atoms with E-state index in [2.05, 4.69) is 23.6 Å². The SMILES string of the molecule is C=CCOc1c(Cl)cc(/C=C(/C#N)C(=O)N2CCN(c3ccccc3)CC2)cc1OCC. The van der Waals surface area contributed by atoms with E-state index in [0.717, 1.165) is 5.69 Å². The molecule has 1 fully saturated rings. The minimum absolute atomic E-state index is 0.0523. The molecular weight excluding hydrogens is 426 g/mol. The zero-order chi connectivity index (χ0) is 22.9. The third-order valence-electron chi connectivity index (χ3n) is 5.03. The first-order chi connectivity index (χ1) is 15.6. The van der Waals surface area contributed by atoms with Crippen LogP contribution in [0.4, 0.5) is 5.69 Å². The fourth-order valence-corrected chi connectivity index (χ4v) is 3.78. The highest BCUT2D eigenvalue weighted by Gasteiger charge is 2.24. The molecule has 1 aliphatic heterocycles. The summed E-state index contributed by atoms with van der Waals surface area (Å²) < 4.78 is 11.2. The number of piperazine rings is 1. The fraction of sp³-hybridized carbons (Fsp3) is 0.280. The molecular formula is C25H26ClN3O3. The molecule has 1 amide bonds. The predicted octanol–water partition coefficient (Wildman–Crippen LogP) is 4.56. The summed E-state index contributed by atoms with van der Waals surface area (Å²) in [5, 5.41) is 9.99. The molecule has 1 saturated heterocycles. The molecule has 32 heavy (non-hydrogen) atoms. The van der Waals surface area contributed by atoms with E-state index in [1.54, 1.807) is 23.1 Å². The van der Waals surface area contributed by atoms with Crippen LogP contribution in [-0.4, -0.2) is 50.2 Å². The van der Waals surface area contributed by atoms with Gasteiger partial charge in [0.25, 0.3) is 5.91 Å². The summed E-state index contributed by atoms with van der Waals surface area (Å²) in [7, 11) is 0. The van der Waals surface area contributed by atoms with Crippen molar-refractivity contribution in [2.45, 2.75) is 6.92 Å². The van der Waals surface area contributed by atoms with Crippen molar-refractivity contribution in [3.63, 3.8) is 0 Å². The van der Waals surface area contributed by atoms with E-state index in [1.165, 1.54) is 6.08 Å². The Hall–Kier alpha value is -3.43. The Kier molecular flexibility index (Phi) is 8.18. The summed E-state index contributed by atoms with van der Waals surface area (Å²) in [6.45, 7) is 8.71. The number of halogens is 1. The Morgan fingerprint density at radius 1 is 1.19 bits per heavy atom. The lowest BCUT2D eigenvalue weighted by molar-refractivity contribution is -0.126. The highest BCUT2D eigenvalue weighted by molar-refractivity contribution is 6.32. The van der Waals surface area contributed by atoms with Gasteiger partial charge in [-0.15, -0.1) is 0 Å². The number of hydrogen-bond donors (Lipinski definition) is 0. The summed E-state index contributed by atoms with van der Waals surface area (Å²) >= 11 is 6.38. The zero-order valence-electron chi connectivity index (χ0n) is 18.1. The molecule has 3 rings (SSSR count). The van der Waals surface area contributed by atoms with Crippen molar-refractivity contribution in [2.24, 2.45) is 0 Å². The first-order valence-corrected chi connectivity index (χ1v) is 10.9. The van der Waals surface area contributed by atoms with E-state index in [9.17, 15) is 10.1 Å². The average Bonchev–Trinajstić information content (AvgIpc) is 2.82. The number of carbonyl (C=O) groups is 1. The molecule has 2 aromatic rings. The molecule has 0 radical (unpaired) electrons. The van der Waals surface area contributed by atoms with Gasteiger partial charge in [0.1, 0.15) is 18.2 Å². The monoisotopic (exact) mass is 451 g/mol. The van der Waals surface area contributed by atoms with Gasteiger partial charge in [-0.1, -0.05) is 42.5 Å². The normalized spacial score (nSPS) is 14.0. The molecule has 166 valence electrons. The standard InChI is InChI=1S/C25H26ClN3O3/c1-3-14-32-24-22(26)16-19(17-23(24)31-4-2)15-20(18-27)25(30)29-12-10-28(11-13-29)21-8-6-5-7-9-21/h3,5-9,15-17H,1,4,10-14H2,2H3/b20-15-. The Bertz CT molecular complexity index is 1020. The van der Waals surface area contributed by atoms with Crippen LogP contribution >= 0.6 is 11.6 Å². The van der Waals surface area contributed by atoms with Gasteiger partial charge < -0.3 is 19.3 Å². The van der Waals surface area contributed by atoms with E-state index >= 15 is 0 Å². The molecule has 0 unspecified atom stereocenters. The summed E-state index contributed by atoms with van der Waals surface area (Å²) in [5.41, 5.74) is 1.78. The maximum atomic E-state index is 13.0. The molecule has 0 aromatic heterocycles. The van der Waals surface area contributed by atoms with Crippen LogP contribution in [0.15, 0.2) is 60.7 Å². The summed E-state index contributed by atoms with van der Waals surface area (Å²) in [5.74, 6) is 0.572. The van der Waals surface area contributed by atoms with Crippen LogP contribution < -0.4 is 14.4 Å². The van der Waals surface area contributed by atoms with Crippen LogP contribution in [0, 0.1) is 11.3 Å². The van der Waals surface area contributed by atoms with Crippen molar-refractivity contribution < 1.29 is 14.3 Å². The van der Waals surface area contributed by atoms with E-state index in [4.69, 9.17) is 21.1 Å². The quantitative estimate of drug-likeness (QED) is 0.334. The second-order valence-electron chi connectivity index (χ2n) is 7.15. The molecule has 0 bridgehead atoms. The second-order valence-corrected chi connectivity index (χ2v) is 7.55. The largest absolute Gasteiger partial charge is 0.490 e. The van der Waals surface area contributed by atoms with Gasteiger partial charge in [-0.05, 0) is 42.8 Å². The van der Waals surface area contributed by atoms with Crippen molar-refractivity contribution >= 4 is 29.3 Å². The third kappa shape index (κ3) is 5.63. The van der Waals surface area contributed by atoms with E-state index in [0.29, 0.717) is 54.9 Å². The lowest BCUT2D eigenvalue weighted by atomic mass is 10.1. The molecule has 1 aliphatic rings. The zero-order valence-corrected chi connectivity index (χ0v) is 18.8. The van der Waals surface area contributed by atoms with Gasteiger partial charge in [-0.25, -0.2) is 0 Å². The van der Waals surface area contributed by atoms with E-state index in [-0.39, 0.29) is 18.1 Å². The summed E-state index contributed by atoms with van der Waals surface area (Å²) in [6, 6.07) is 15.5. The Balaban J connectivity index is 1.76. The van der Waals surface area contributed by atoms with Crippen LogP contribution in [0.1, 0.15) is 12.5 Å². The van der Waals surface area contributed by atoms with Crippen LogP contribution in [0.2, 0.25) is 5.02 Å². The molecule has 0 atom stereocenters. The molecule has 1 heterocycles.